The molecule has 5 heterocycles. The van der Waals surface area contributed by atoms with Crippen LogP contribution in [0.15, 0.2) is 48.6 Å². The summed E-state index contributed by atoms with van der Waals surface area (Å²) in [6.07, 6.45) is 10.6. The lowest BCUT2D eigenvalue weighted by Gasteiger charge is -2.14. The minimum Gasteiger partial charge on any atom is -0.381 e. The molecule has 1 fully saturated rings. The number of allylic oxidation sites excluding steroid dienone is 3. The van der Waals surface area contributed by atoms with Gasteiger partial charge in [-0.15, -0.1) is 0 Å². The number of ether oxygens (including phenoxy) is 1. The molecule has 27 heavy (non-hydrogen) atoms. The SMILES string of the molecule is C1=CNNC(Cn2ccc3ncc(Nc4cc(C5CCOC5)[nH]n4)nc32)=C1. The number of fused-ring (bicyclic) bond motifs is 1. The van der Waals surface area contributed by atoms with Crippen molar-refractivity contribution in [1.29, 1.82) is 0 Å². The van der Waals surface area contributed by atoms with Crippen molar-refractivity contribution in [1.82, 2.24) is 35.6 Å². The highest BCUT2D eigenvalue weighted by atomic mass is 16.5. The van der Waals surface area contributed by atoms with Gasteiger partial charge < -0.3 is 25.5 Å². The van der Waals surface area contributed by atoms with Crippen LogP contribution < -0.4 is 16.2 Å². The van der Waals surface area contributed by atoms with Crippen molar-refractivity contribution < 1.29 is 4.74 Å². The first-order valence-corrected chi connectivity index (χ1v) is 8.94. The molecular weight excluding hydrogens is 344 g/mol. The number of aromatic nitrogens is 5. The maximum Gasteiger partial charge on any atom is 0.161 e. The molecule has 0 saturated carbocycles. The zero-order valence-electron chi connectivity index (χ0n) is 14.6. The Balaban J connectivity index is 1.36. The van der Waals surface area contributed by atoms with Gasteiger partial charge in [0.15, 0.2) is 17.3 Å². The molecule has 0 aliphatic carbocycles. The van der Waals surface area contributed by atoms with Crippen molar-refractivity contribution in [3.63, 3.8) is 0 Å². The molecule has 4 N–H and O–H groups in total. The number of rotatable bonds is 5. The number of hydrogen-bond acceptors (Lipinski definition) is 7. The van der Waals surface area contributed by atoms with Gasteiger partial charge in [-0.2, -0.15) is 5.10 Å². The summed E-state index contributed by atoms with van der Waals surface area (Å²) in [5, 5.41) is 10.7. The average Bonchev–Trinajstić information content (AvgIpc) is 3.44. The van der Waals surface area contributed by atoms with Crippen LogP contribution in [-0.4, -0.2) is 37.9 Å². The highest BCUT2D eigenvalue weighted by Crippen LogP contribution is 2.26. The van der Waals surface area contributed by atoms with Crippen molar-refractivity contribution >= 4 is 22.8 Å². The van der Waals surface area contributed by atoms with Crippen LogP contribution in [0.5, 0.6) is 0 Å². The molecule has 2 aliphatic rings. The summed E-state index contributed by atoms with van der Waals surface area (Å²) in [7, 11) is 0. The molecule has 3 aromatic heterocycles. The zero-order chi connectivity index (χ0) is 18.1. The molecule has 0 bridgehead atoms. The van der Waals surface area contributed by atoms with E-state index in [0.29, 0.717) is 18.3 Å². The summed E-state index contributed by atoms with van der Waals surface area (Å²) in [6.45, 7) is 2.23. The van der Waals surface area contributed by atoms with Crippen molar-refractivity contribution in [2.45, 2.75) is 18.9 Å². The Labute approximate surface area is 155 Å². The summed E-state index contributed by atoms with van der Waals surface area (Å²) in [5.41, 5.74) is 9.91. The van der Waals surface area contributed by atoms with Gasteiger partial charge >= 0.3 is 0 Å². The van der Waals surface area contributed by atoms with Crippen LogP contribution >= 0.6 is 0 Å². The predicted octanol–water partition coefficient (Wildman–Crippen LogP) is 1.91. The number of nitrogens with zero attached hydrogens (tertiary/aromatic N) is 4. The Hall–Kier alpha value is -3.33. The molecule has 0 radical (unpaired) electrons. The van der Waals surface area contributed by atoms with Crippen LogP contribution in [0.25, 0.3) is 11.2 Å². The van der Waals surface area contributed by atoms with Crippen LogP contribution in [-0.2, 0) is 11.3 Å². The number of H-pyrrole nitrogens is 1. The Bertz CT molecular complexity index is 1010. The minimum atomic E-state index is 0.387. The van der Waals surface area contributed by atoms with Crippen LogP contribution in [0.1, 0.15) is 18.0 Å². The van der Waals surface area contributed by atoms with E-state index in [1.165, 1.54) is 0 Å². The van der Waals surface area contributed by atoms with Gasteiger partial charge in [0.1, 0.15) is 5.52 Å². The molecule has 2 aliphatic heterocycles. The van der Waals surface area contributed by atoms with Gasteiger partial charge in [-0.3, -0.25) is 5.10 Å². The summed E-state index contributed by atoms with van der Waals surface area (Å²) < 4.78 is 7.50. The lowest BCUT2D eigenvalue weighted by Crippen LogP contribution is -2.30. The molecule has 138 valence electrons. The molecule has 1 atom stereocenters. The molecular formula is C18H20N8O. The van der Waals surface area contributed by atoms with Crippen molar-refractivity contribution in [3.05, 3.63) is 54.3 Å². The van der Waals surface area contributed by atoms with Crippen LogP contribution in [0, 0.1) is 0 Å². The van der Waals surface area contributed by atoms with Gasteiger partial charge in [-0.1, -0.05) is 0 Å². The van der Waals surface area contributed by atoms with Gasteiger partial charge in [-0.25, -0.2) is 9.97 Å². The molecule has 0 amide bonds. The third-order valence-corrected chi connectivity index (χ3v) is 4.74. The molecule has 0 aromatic carbocycles. The lowest BCUT2D eigenvalue weighted by atomic mass is 10.1. The van der Waals surface area contributed by atoms with Gasteiger partial charge in [0.25, 0.3) is 0 Å². The van der Waals surface area contributed by atoms with E-state index in [1.54, 1.807) is 6.20 Å². The number of hydrazine groups is 1. The number of aromatic amines is 1. The summed E-state index contributed by atoms with van der Waals surface area (Å²) >= 11 is 0. The first-order valence-electron chi connectivity index (χ1n) is 8.94. The van der Waals surface area contributed by atoms with Crippen molar-refractivity contribution in [2.24, 2.45) is 0 Å². The summed E-state index contributed by atoms with van der Waals surface area (Å²) in [5.74, 6) is 1.78. The normalized spacial score (nSPS) is 19.0. The van der Waals surface area contributed by atoms with Gasteiger partial charge in [0.2, 0.25) is 0 Å². The molecule has 9 heteroatoms. The van der Waals surface area contributed by atoms with E-state index in [9.17, 15) is 0 Å². The molecule has 9 nitrogen and oxygen atoms in total. The molecule has 5 rings (SSSR count). The Morgan fingerprint density at radius 1 is 1.33 bits per heavy atom. The second-order valence-corrected chi connectivity index (χ2v) is 6.62. The van der Waals surface area contributed by atoms with E-state index in [2.05, 4.69) is 35.9 Å². The Morgan fingerprint density at radius 3 is 3.19 bits per heavy atom. The van der Waals surface area contributed by atoms with E-state index < -0.39 is 0 Å². The fraction of sp³-hybridized carbons (Fsp3) is 0.278. The van der Waals surface area contributed by atoms with Gasteiger partial charge in [0.05, 0.1) is 25.0 Å². The minimum absolute atomic E-state index is 0.387. The zero-order valence-corrected chi connectivity index (χ0v) is 14.6. The largest absolute Gasteiger partial charge is 0.381 e. The number of nitrogens with one attached hydrogen (secondary N) is 4. The third kappa shape index (κ3) is 3.24. The first kappa shape index (κ1) is 15.9. The Kier molecular flexibility index (Phi) is 3.98. The second-order valence-electron chi connectivity index (χ2n) is 6.62. The van der Waals surface area contributed by atoms with Crippen molar-refractivity contribution in [2.75, 3.05) is 18.5 Å². The highest BCUT2D eigenvalue weighted by molar-refractivity contribution is 5.73. The molecule has 1 saturated heterocycles. The smallest absolute Gasteiger partial charge is 0.161 e. The molecule has 0 spiro atoms. The van der Waals surface area contributed by atoms with E-state index >= 15 is 0 Å². The highest BCUT2D eigenvalue weighted by Gasteiger charge is 2.20. The predicted molar refractivity (Wildman–Crippen MR) is 101 cm³/mol. The fourth-order valence-electron chi connectivity index (χ4n) is 3.32. The van der Waals surface area contributed by atoms with Gasteiger partial charge in [0, 0.05) is 36.7 Å². The maximum absolute atomic E-state index is 5.44. The van der Waals surface area contributed by atoms with E-state index in [-0.39, 0.29) is 0 Å². The quantitative estimate of drug-likeness (QED) is 0.548. The second kappa shape index (κ2) is 6.76. The number of anilines is 2. The lowest BCUT2D eigenvalue weighted by molar-refractivity contribution is 0.193. The molecule has 3 aromatic rings. The van der Waals surface area contributed by atoms with E-state index in [4.69, 9.17) is 9.72 Å². The molecule has 1 unspecified atom stereocenters. The van der Waals surface area contributed by atoms with Gasteiger partial charge in [-0.05, 0) is 24.6 Å². The van der Waals surface area contributed by atoms with E-state index in [1.807, 2.05) is 36.7 Å². The summed E-state index contributed by atoms with van der Waals surface area (Å²) in [4.78, 5) is 9.22. The summed E-state index contributed by atoms with van der Waals surface area (Å²) in [6, 6.07) is 3.98. The van der Waals surface area contributed by atoms with E-state index in [0.717, 1.165) is 48.0 Å². The number of hydrogen-bond donors (Lipinski definition) is 4. The maximum atomic E-state index is 5.44. The van der Waals surface area contributed by atoms with Crippen molar-refractivity contribution in [3.8, 4) is 0 Å². The fourth-order valence-corrected chi connectivity index (χ4v) is 3.32. The third-order valence-electron chi connectivity index (χ3n) is 4.74. The Morgan fingerprint density at radius 2 is 2.33 bits per heavy atom. The first-order chi connectivity index (χ1) is 13.3. The average molecular weight is 364 g/mol. The monoisotopic (exact) mass is 364 g/mol. The van der Waals surface area contributed by atoms with Crippen LogP contribution in [0.4, 0.5) is 11.6 Å². The van der Waals surface area contributed by atoms with Crippen LogP contribution in [0.3, 0.4) is 0 Å². The topological polar surface area (TPSA) is 105 Å². The standard InChI is InChI=1S/C18H20N8O/c1-2-13(23-20-5-1)10-26-6-3-14-18(26)22-17(9-19-14)21-16-8-15(24-25-16)12-4-7-27-11-12/h1-3,5-6,8-9,12,20,23H,4,7,10-11H2,(H2,21,22,24,25). The van der Waals surface area contributed by atoms with Crippen LogP contribution in [0.2, 0.25) is 0 Å².